The minimum atomic E-state index is -0.441. The Balaban J connectivity index is 1.77. The number of hydrogen-bond donors (Lipinski definition) is 1. The summed E-state index contributed by atoms with van der Waals surface area (Å²) in [6, 6.07) is 12.8. The lowest BCUT2D eigenvalue weighted by Gasteiger charge is -2.26. The van der Waals surface area contributed by atoms with Crippen molar-refractivity contribution < 1.29 is 14.3 Å². The number of anilines is 2. The van der Waals surface area contributed by atoms with Gasteiger partial charge in [0.05, 0.1) is 6.61 Å². The molecule has 2 amide bonds. The van der Waals surface area contributed by atoms with Gasteiger partial charge in [0.15, 0.2) is 0 Å². The minimum Gasteiger partial charge on any atom is -0.494 e. The average molecular weight is 366 g/mol. The van der Waals surface area contributed by atoms with E-state index >= 15 is 0 Å². The van der Waals surface area contributed by atoms with Gasteiger partial charge in [-0.05, 0) is 55.3 Å². The molecule has 2 aromatic carbocycles. The van der Waals surface area contributed by atoms with Crippen LogP contribution in [-0.2, 0) is 11.2 Å². The summed E-state index contributed by atoms with van der Waals surface area (Å²) in [4.78, 5) is 27.0. The van der Waals surface area contributed by atoms with E-state index in [2.05, 4.69) is 5.32 Å². The van der Waals surface area contributed by atoms with Crippen LogP contribution in [0, 0.1) is 5.41 Å². The van der Waals surface area contributed by atoms with E-state index < -0.39 is 5.41 Å². The smallest absolute Gasteiger partial charge is 0.255 e. The molecule has 0 spiro atoms. The van der Waals surface area contributed by atoms with Crippen molar-refractivity contribution in [2.45, 2.75) is 34.1 Å². The first-order valence-corrected chi connectivity index (χ1v) is 9.28. The Kier molecular flexibility index (Phi) is 5.22. The van der Waals surface area contributed by atoms with Crippen LogP contribution in [0.1, 0.15) is 43.6 Å². The number of rotatable bonds is 4. The van der Waals surface area contributed by atoms with Crippen LogP contribution in [0.5, 0.6) is 5.75 Å². The molecule has 0 aromatic heterocycles. The van der Waals surface area contributed by atoms with Crippen molar-refractivity contribution in [3.63, 3.8) is 0 Å². The highest BCUT2D eigenvalue weighted by atomic mass is 16.5. The Labute approximate surface area is 160 Å². The van der Waals surface area contributed by atoms with Crippen molar-refractivity contribution in [2.75, 3.05) is 23.4 Å². The summed E-state index contributed by atoms with van der Waals surface area (Å²) in [6.07, 6.45) is 0.838. The fraction of sp³-hybridized carbons (Fsp3) is 0.364. The van der Waals surface area contributed by atoms with E-state index in [1.165, 1.54) is 0 Å². The lowest BCUT2D eigenvalue weighted by Crippen LogP contribution is -2.38. The molecule has 142 valence electrons. The number of carbonyl (C=O) groups is 2. The highest BCUT2D eigenvalue weighted by Crippen LogP contribution is 2.34. The van der Waals surface area contributed by atoms with E-state index in [0.29, 0.717) is 24.4 Å². The molecule has 1 aliphatic heterocycles. The fourth-order valence-electron chi connectivity index (χ4n) is 3.15. The molecule has 0 aliphatic carbocycles. The Morgan fingerprint density at radius 2 is 1.81 bits per heavy atom. The summed E-state index contributed by atoms with van der Waals surface area (Å²) >= 11 is 0. The summed E-state index contributed by atoms with van der Waals surface area (Å²) in [7, 11) is 0. The van der Waals surface area contributed by atoms with Crippen LogP contribution in [0.25, 0.3) is 0 Å². The Morgan fingerprint density at radius 3 is 2.44 bits per heavy atom. The van der Waals surface area contributed by atoms with Gasteiger partial charge in [-0.2, -0.15) is 0 Å². The zero-order valence-corrected chi connectivity index (χ0v) is 16.3. The lowest BCUT2D eigenvalue weighted by molar-refractivity contribution is -0.125. The van der Waals surface area contributed by atoms with Gasteiger partial charge in [0.2, 0.25) is 5.91 Å². The molecule has 3 rings (SSSR count). The first-order chi connectivity index (χ1) is 12.8. The second-order valence-electron chi connectivity index (χ2n) is 7.71. The first-order valence-electron chi connectivity index (χ1n) is 9.28. The van der Waals surface area contributed by atoms with Crippen molar-refractivity contribution in [1.82, 2.24) is 0 Å². The van der Waals surface area contributed by atoms with E-state index in [-0.39, 0.29) is 11.8 Å². The van der Waals surface area contributed by atoms with Crippen LogP contribution in [0.4, 0.5) is 11.4 Å². The van der Waals surface area contributed by atoms with Crippen LogP contribution in [0.15, 0.2) is 42.5 Å². The molecular formula is C22H26N2O3. The molecule has 1 N–H and O–H groups in total. The van der Waals surface area contributed by atoms with Gasteiger partial charge in [0, 0.05) is 28.9 Å². The summed E-state index contributed by atoms with van der Waals surface area (Å²) in [5.74, 6) is 0.642. The van der Waals surface area contributed by atoms with E-state index in [1.54, 1.807) is 24.3 Å². The van der Waals surface area contributed by atoms with Crippen LogP contribution in [0.2, 0.25) is 0 Å². The molecule has 1 heterocycles. The van der Waals surface area contributed by atoms with Gasteiger partial charge < -0.3 is 15.0 Å². The number of amides is 2. The van der Waals surface area contributed by atoms with Crippen LogP contribution >= 0.6 is 0 Å². The zero-order chi connectivity index (χ0) is 19.6. The van der Waals surface area contributed by atoms with Crippen molar-refractivity contribution in [3.8, 4) is 5.75 Å². The second kappa shape index (κ2) is 7.43. The maximum absolute atomic E-state index is 12.7. The Morgan fingerprint density at radius 1 is 1.11 bits per heavy atom. The third-order valence-electron chi connectivity index (χ3n) is 4.55. The van der Waals surface area contributed by atoms with Gasteiger partial charge in [0.1, 0.15) is 5.75 Å². The number of hydrogen-bond acceptors (Lipinski definition) is 3. The van der Waals surface area contributed by atoms with Gasteiger partial charge in [0.25, 0.3) is 5.91 Å². The number of carbonyl (C=O) groups excluding carboxylic acids is 2. The van der Waals surface area contributed by atoms with E-state index in [4.69, 9.17) is 4.74 Å². The maximum Gasteiger partial charge on any atom is 0.255 e. The molecule has 5 heteroatoms. The predicted molar refractivity (Wildman–Crippen MR) is 108 cm³/mol. The van der Waals surface area contributed by atoms with E-state index in [0.717, 1.165) is 23.4 Å². The van der Waals surface area contributed by atoms with Crippen molar-refractivity contribution in [3.05, 3.63) is 53.6 Å². The molecular weight excluding hydrogens is 340 g/mol. The molecule has 0 bridgehead atoms. The third-order valence-corrected chi connectivity index (χ3v) is 4.55. The molecule has 27 heavy (non-hydrogen) atoms. The quantitative estimate of drug-likeness (QED) is 0.879. The first kappa shape index (κ1) is 19.0. The molecule has 0 saturated heterocycles. The monoisotopic (exact) mass is 366 g/mol. The second-order valence-corrected chi connectivity index (χ2v) is 7.71. The molecule has 2 aromatic rings. The van der Waals surface area contributed by atoms with Crippen molar-refractivity contribution in [1.29, 1.82) is 0 Å². The van der Waals surface area contributed by atoms with E-state index in [9.17, 15) is 9.59 Å². The van der Waals surface area contributed by atoms with Gasteiger partial charge in [-0.25, -0.2) is 0 Å². The van der Waals surface area contributed by atoms with Gasteiger partial charge in [-0.3, -0.25) is 9.59 Å². The highest BCUT2D eigenvalue weighted by Gasteiger charge is 2.32. The number of fused-ring (bicyclic) bond motifs is 1. The van der Waals surface area contributed by atoms with Crippen LogP contribution in [-0.4, -0.2) is 25.0 Å². The Bertz CT molecular complexity index is 851. The molecule has 0 radical (unpaired) electrons. The standard InChI is InChI=1S/C22H26N2O3/c1-5-27-18-10-7-16(8-11-18)20(25)23-17-9-6-15-12-13-24(19(15)14-17)21(26)22(2,3)4/h6-11,14H,5,12-13H2,1-4H3,(H,23,25). The molecule has 0 unspecified atom stereocenters. The highest BCUT2D eigenvalue weighted by molar-refractivity contribution is 6.05. The molecule has 0 atom stereocenters. The summed E-state index contributed by atoms with van der Waals surface area (Å²) in [5.41, 5.74) is 2.82. The molecule has 0 saturated carbocycles. The number of nitrogens with zero attached hydrogens (tertiary/aromatic N) is 1. The SMILES string of the molecule is CCOc1ccc(C(=O)Nc2ccc3c(c2)N(C(=O)C(C)(C)C)CC3)cc1. The third kappa shape index (κ3) is 4.13. The predicted octanol–water partition coefficient (Wildman–Crippen LogP) is 4.27. The normalized spacial score (nSPS) is 13.3. The van der Waals surface area contributed by atoms with Crippen LogP contribution < -0.4 is 15.0 Å². The average Bonchev–Trinajstić information content (AvgIpc) is 3.04. The maximum atomic E-state index is 12.7. The summed E-state index contributed by atoms with van der Waals surface area (Å²) in [5, 5.41) is 2.92. The molecule has 0 fully saturated rings. The zero-order valence-electron chi connectivity index (χ0n) is 16.3. The van der Waals surface area contributed by atoms with Crippen molar-refractivity contribution >= 4 is 23.2 Å². The number of benzene rings is 2. The lowest BCUT2D eigenvalue weighted by atomic mass is 9.94. The minimum absolute atomic E-state index is 0.0937. The van der Waals surface area contributed by atoms with Gasteiger partial charge >= 0.3 is 0 Å². The van der Waals surface area contributed by atoms with Crippen LogP contribution in [0.3, 0.4) is 0 Å². The van der Waals surface area contributed by atoms with Gasteiger partial charge in [-0.15, -0.1) is 0 Å². The molecule has 1 aliphatic rings. The Hall–Kier alpha value is -2.82. The largest absolute Gasteiger partial charge is 0.494 e. The number of ether oxygens (including phenoxy) is 1. The number of nitrogens with one attached hydrogen (secondary N) is 1. The topological polar surface area (TPSA) is 58.6 Å². The van der Waals surface area contributed by atoms with Gasteiger partial charge in [-0.1, -0.05) is 26.8 Å². The summed E-state index contributed by atoms with van der Waals surface area (Å²) < 4.78 is 5.40. The fourth-order valence-corrected chi connectivity index (χ4v) is 3.15. The van der Waals surface area contributed by atoms with Crippen molar-refractivity contribution in [2.24, 2.45) is 5.41 Å². The van der Waals surface area contributed by atoms with E-state index in [1.807, 2.05) is 50.8 Å². The molecule has 5 nitrogen and oxygen atoms in total. The summed E-state index contributed by atoms with van der Waals surface area (Å²) in [6.45, 7) is 8.95.